The second-order valence-electron chi connectivity index (χ2n) is 6.20. The van der Waals surface area contributed by atoms with Gasteiger partial charge >= 0.3 is 0 Å². The lowest BCUT2D eigenvalue weighted by molar-refractivity contribution is 0.0900. The van der Waals surface area contributed by atoms with Gasteiger partial charge in [-0.05, 0) is 31.5 Å². The molecule has 1 fully saturated rings. The highest BCUT2D eigenvalue weighted by Gasteiger charge is 2.22. The Kier molecular flexibility index (Phi) is 5.50. The van der Waals surface area contributed by atoms with Crippen LogP contribution in [-0.4, -0.2) is 34.9 Å². The van der Waals surface area contributed by atoms with Gasteiger partial charge in [0.05, 0.1) is 5.56 Å². The number of aromatic amines is 1. The van der Waals surface area contributed by atoms with Crippen molar-refractivity contribution in [2.45, 2.75) is 25.4 Å². The lowest BCUT2D eigenvalue weighted by Crippen LogP contribution is -2.47. The van der Waals surface area contributed by atoms with Crippen LogP contribution in [0.15, 0.2) is 41.3 Å². The Balaban J connectivity index is 1.61. The van der Waals surface area contributed by atoms with Gasteiger partial charge in [-0.1, -0.05) is 29.8 Å². The molecule has 3 rings (SSSR count). The molecule has 0 spiro atoms. The van der Waals surface area contributed by atoms with Gasteiger partial charge in [0.15, 0.2) is 0 Å². The fourth-order valence-electron chi connectivity index (χ4n) is 3.04. The van der Waals surface area contributed by atoms with E-state index in [2.05, 4.69) is 15.2 Å². The molecule has 1 unspecified atom stereocenters. The molecule has 5 nitrogen and oxygen atoms in total. The quantitative estimate of drug-likeness (QED) is 0.877. The van der Waals surface area contributed by atoms with Gasteiger partial charge in [0.25, 0.3) is 11.5 Å². The van der Waals surface area contributed by atoms with Crippen LogP contribution in [0.2, 0.25) is 5.02 Å². The molecule has 1 aliphatic heterocycles. The summed E-state index contributed by atoms with van der Waals surface area (Å²) in [6, 6.07) is 8.06. The van der Waals surface area contributed by atoms with Gasteiger partial charge in [0.2, 0.25) is 0 Å². The molecule has 1 amide bonds. The monoisotopic (exact) mass is 363 g/mol. The van der Waals surface area contributed by atoms with Crippen LogP contribution in [0.1, 0.15) is 28.8 Å². The van der Waals surface area contributed by atoms with E-state index in [0.29, 0.717) is 24.2 Å². The second-order valence-corrected chi connectivity index (χ2v) is 6.61. The minimum atomic E-state index is -0.424. The molecule has 2 N–H and O–H groups in total. The van der Waals surface area contributed by atoms with Crippen molar-refractivity contribution in [3.63, 3.8) is 0 Å². The number of H-pyrrole nitrogens is 1. The molecule has 0 radical (unpaired) electrons. The summed E-state index contributed by atoms with van der Waals surface area (Å²) in [6.45, 7) is 2.03. The number of carbonyl (C=O) groups excluding carboxylic acids is 1. The van der Waals surface area contributed by atoms with Crippen molar-refractivity contribution in [2.24, 2.45) is 0 Å². The van der Waals surface area contributed by atoms with Gasteiger partial charge in [-0.15, -0.1) is 0 Å². The Labute approximate surface area is 149 Å². The van der Waals surface area contributed by atoms with Gasteiger partial charge in [-0.3, -0.25) is 14.5 Å². The van der Waals surface area contributed by atoms with E-state index in [1.54, 1.807) is 12.1 Å². The number of halogens is 2. The van der Waals surface area contributed by atoms with Gasteiger partial charge in [0.1, 0.15) is 10.8 Å². The fraction of sp³-hybridized carbons (Fsp3) is 0.333. The first-order chi connectivity index (χ1) is 12.0. The molecule has 2 heterocycles. The number of benzene rings is 1. The predicted molar refractivity (Wildman–Crippen MR) is 94.2 cm³/mol. The highest BCUT2D eigenvalue weighted by Crippen LogP contribution is 2.16. The first-order valence-electron chi connectivity index (χ1n) is 8.18. The number of amides is 1. The number of hydrogen-bond acceptors (Lipinski definition) is 3. The molecule has 25 heavy (non-hydrogen) atoms. The molecule has 0 bridgehead atoms. The molecule has 0 aliphatic carbocycles. The zero-order valence-corrected chi connectivity index (χ0v) is 14.4. The van der Waals surface area contributed by atoms with E-state index in [-0.39, 0.29) is 22.8 Å². The Morgan fingerprint density at radius 2 is 2.20 bits per heavy atom. The molecule has 1 saturated heterocycles. The summed E-state index contributed by atoms with van der Waals surface area (Å²) in [7, 11) is 0. The smallest absolute Gasteiger partial charge is 0.266 e. The van der Waals surface area contributed by atoms with Crippen LogP contribution < -0.4 is 10.9 Å². The summed E-state index contributed by atoms with van der Waals surface area (Å²) in [5, 5.41) is 2.94. The Morgan fingerprint density at radius 3 is 2.96 bits per heavy atom. The van der Waals surface area contributed by atoms with E-state index in [0.717, 1.165) is 19.4 Å². The number of aromatic nitrogens is 1. The molecule has 132 valence electrons. The van der Waals surface area contributed by atoms with Crippen molar-refractivity contribution in [2.75, 3.05) is 13.1 Å². The van der Waals surface area contributed by atoms with Gasteiger partial charge in [0, 0.05) is 30.9 Å². The predicted octanol–water partition coefficient (Wildman–Crippen LogP) is 2.56. The Bertz CT molecular complexity index is 824. The molecule has 1 aromatic carbocycles. The number of rotatable bonds is 4. The maximum absolute atomic E-state index is 13.8. The molecule has 1 aromatic heterocycles. The first kappa shape index (κ1) is 17.6. The van der Waals surface area contributed by atoms with Crippen LogP contribution in [0.4, 0.5) is 4.39 Å². The summed E-state index contributed by atoms with van der Waals surface area (Å²) in [5.41, 5.74) is 0.546. The van der Waals surface area contributed by atoms with Crippen LogP contribution in [0.25, 0.3) is 0 Å². The van der Waals surface area contributed by atoms with E-state index < -0.39 is 5.56 Å². The van der Waals surface area contributed by atoms with Gasteiger partial charge in [-0.2, -0.15) is 0 Å². The highest BCUT2D eigenvalue weighted by atomic mass is 35.5. The molecular weight excluding hydrogens is 345 g/mol. The van der Waals surface area contributed by atoms with Crippen molar-refractivity contribution in [1.29, 1.82) is 0 Å². The van der Waals surface area contributed by atoms with E-state index >= 15 is 0 Å². The zero-order chi connectivity index (χ0) is 17.8. The molecule has 1 atom stereocenters. The van der Waals surface area contributed by atoms with Crippen molar-refractivity contribution in [1.82, 2.24) is 15.2 Å². The first-order valence-corrected chi connectivity index (χ1v) is 8.55. The Morgan fingerprint density at radius 1 is 1.40 bits per heavy atom. The largest absolute Gasteiger partial charge is 0.348 e. The molecule has 7 heteroatoms. The van der Waals surface area contributed by atoms with Crippen LogP contribution in [-0.2, 0) is 6.54 Å². The Hall–Kier alpha value is -2.18. The lowest BCUT2D eigenvalue weighted by Gasteiger charge is -2.33. The van der Waals surface area contributed by atoms with E-state index in [1.807, 2.05) is 6.07 Å². The molecular formula is C18H19ClFN3O2. The zero-order valence-electron chi connectivity index (χ0n) is 13.6. The van der Waals surface area contributed by atoms with Gasteiger partial charge < -0.3 is 10.3 Å². The summed E-state index contributed by atoms with van der Waals surface area (Å²) < 4.78 is 13.8. The van der Waals surface area contributed by atoms with Crippen LogP contribution in [0.5, 0.6) is 0 Å². The third-order valence-corrected chi connectivity index (χ3v) is 4.59. The molecule has 1 aliphatic rings. The van der Waals surface area contributed by atoms with Crippen molar-refractivity contribution < 1.29 is 9.18 Å². The van der Waals surface area contributed by atoms with Crippen LogP contribution in [0, 0.1) is 5.82 Å². The van der Waals surface area contributed by atoms with Crippen LogP contribution in [0.3, 0.4) is 0 Å². The van der Waals surface area contributed by atoms with Gasteiger partial charge in [-0.25, -0.2) is 4.39 Å². The third-order valence-electron chi connectivity index (χ3n) is 4.31. The summed E-state index contributed by atoms with van der Waals surface area (Å²) in [5.74, 6) is -0.493. The topological polar surface area (TPSA) is 65.2 Å². The standard InChI is InChI=1S/C18H19ClFN3O2/c19-15-8-13(9-21-18(15)25)17(24)22-14-5-3-7-23(11-14)10-12-4-1-2-6-16(12)20/h1-2,4,6,8-9,14H,3,5,7,10-11H2,(H,21,25)(H,22,24). The minimum absolute atomic E-state index is 0.0162. The van der Waals surface area contributed by atoms with Crippen LogP contribution >= 0.6 is 11.6 Å². The number of carbonyl (C=O) groups is 1. The normalized spacial score (nSPS) is 18.1. The number of pyridine rings is 1. The fourth-order valence-corrected chi connectivity index (χ4v) is 3.21. The minimum Gasteiger partial charge on any atom is -0.348 e. The number of hydrogen-bond donors (Lipinski definition) is 2. The van der Waals surface area contributed by atoms with Crippen molar-refractivity contribution >= 4 is 17.5 Å². The average molecular weight is 364 g/mol. The second kappa shape index (κ2) is 7.80. The average Bonchev–Trinajstić information content (AvgIpc) is 2.60. The molecule has 0 saturated carbocycles. The number of nitrogens with zero attached hydrogens (tertiary/aromatic N) is 1. The SMILES string of the molecule is O=C(NC1CCCN(Cc2ccccc2F)C1)c1c[nH]c(=O)c(Cl)c1. The maximum Gasteiger partial charge on any atom is 0.266 e. The highest BCUT2D eigenvalue weighted by molar-refractivity contribution is 6.30. The van der Waals surface area contributed by atoms with Crippen molar-refractivity contribution in [3.05, 3.63) is 68.8 Å². The number of likely N-dealkylation sites (tertiary alicyclic amines) is 1. The molecule has 2 aromatic rings. The third kappa shape index (κ3) is 4.46. The van der Waals surface area contributed by atoms with E-state index in [4.69, 9.17) is 11.6 Å². The summed E-state index contributed by atoms with van der Waals surface area (Å²) >= 11 is 5.76. The maximum atomic E-state index is 13.8. The number of piperidine rings is 1. The van der Waals surface area contributed by atoms with Crippen molar-refractivity contribution in [3.8, 4) is 0 Å². The number of nitrogens with one attached hydrogen (secondary N) is 2. The summed E-state index contributed by atoms with van der Waals surface area (Å²) in [4.78, 5) is 28.2. The lowest BCUT2D eigenvalue weighted by atomic mass is 10.0. The van der Waals surface area contributed by atoms with E-state index in [9.17, 15) is 14.0 Å². The summed E-state index contributed by atoms with van der Waals surface area (Å²) in [6.07, 6.45) is 3.13. The van der Waals surface area contributed by atoms with E-state index in [1.165, 1.54) is 18.3 Å².